The molecule has 7 nitrogen and oxygen atoms in total. The molecule has 0 aliphatic carbocycles. The monoisotopic (exact) mass is 254 g/mol. The molecule has 0 fully saturated rings. The Hall–Kier alpha value is -2.51. The van der Waals surface area contributed by atoms with Gasteiger partial charge in [-0.2, -0.15) is 4.39 Å². The summed E-state index contributed by atoms with van der Waals surface area (Å²) in [6.07, 6.45) is 0.993. The van der Waals surface area contributed by atoms with Crippen LogP contribution in [0.4, 0.5) is 4.39 Å². The highest BCUT2D eigenvalue weighted by Gasteiger charge is 2.19. The van der Waals surface area contributed by atoms with Gasteiger partial charge >= 0.3 is 0 Å². The van der Waals surface area contributed by atoms with E-state index in [2.05, 4.69) is 4.98 Å². The Kier molecular flexibility index (Phi) is 4.30. The van der Waals surface area contributed by atoms with Crippen molar-refractivity contribution in [1.82, 2.24) is 9.88 Å². The first kappa shape index (κ1) is 13.6. The molecule has 1 aromatic heterocycles. The van der Waals surface area contributed by atoms with Gasteiger partial charge in [0.1, 0.15) is 13.1 Å². The predicted molar refractivity (Wildman–Crippen MR) is 58.5 cm³/mol. The van der Waals surface area contributed by atoms with E-state index < -0.39 is 36.8 Å². The van der Waals surface area contributed by atoms with E-state index in [1.165, 1.54) is 6.07 Å². The molecule has 4 N–H and O–H groups in total. The van der Waals surface area contributed by atoms with Crippen LogP contribution in [0.3, 0.4) is 0 Å². The van der Waals surface area contributed by atoms with Crippen molar-refractivity contribution in [3.05, 3.63) is 29.8 Å². The van der Waals surface area contributed by atoms with Crippen LogP contribution >= 0.6 is 0 Å². The van der Waals surface area contributed by atoms with Crippen LogP contribution in [0.1, 0.15) is 10.4 Å². The highest BCUT2D eigenvalue weighted by molar-refractivity contribution is 5.98. The Bertz CT molecular complexity index is 459. The third-order valence-electron chi connectivity index (χ3n) is 1.95. The van der Waals surface area contributed by atoms with Crippen LogP contribution in [0.5, 0.6) is 0 Å². The van der Waals surface area contributed by atoms with E-state index >= 15 is 0 Å². The Morgan fingerprint density at radius 3 is 2.11 bits per heavy atom. The van der Waals surface area contributed by atoms with Gasteiger partial charge in [-0.3, -0.25) is 14.4 Å². The predicted octanol–water partition coefficient (Wildman–Crippen LogP) is -1.37. The number of carbonyl (C=O) groups excluding carboxylic acids is 3. The van der Waals surface area contributed by atoms with Crippen molar-refractivity contribution in [2.45, 2.75) is 0 Å². The molecule has 0 unspecified atom stereocenters. The maximum Gasteiger partial charge on any atom is 0.256 e. The molecular formula is C10H11FN4O3. The molecule has 0 aromatic carbocycles. The van der Waals surface area contributed by atoms with E-state index in [4.69, 9.17) is 11.5 Å². The summed E-state index contributed by atoms with van der Waals surface area (Å²) >= 11 is 0. The van der Waals surface area contributed by atoms with Gasteiger partial charge < -0.3 is 16.4 Å². The summed E-state index contributed by atoms with van der Waals surface area (Å²) in [6.45, 7) is -0.918. The van der Waals surface area contributed by atoms with Crippen LogP contribution in [0.2, 0.25) is 0 Å². The lowest BCUT2D eigenvalue weighted by atomic mass is 10.2. The number of amides is 3. The molecule has 0 bridgehead atoms. The first-order valence-corrected chi connectivity index (χ1v) is 4.87. The molecule has 8 heteroatoms. The molecule has 0 aliphatic heterocycles. The second-order valence-corrected chi connectivity index (χ2v) is 3.46. The fourth-order valence-corrected chi connectivity index (χ4v) is 1.26. The lowest BCUT2D eigenvalue weighted by Gasteiger charge is -2.19. The first-order valence-electron chi connectivity index (χ1n) is 4.87. The molecule has 1 heterocycles. The Balaban J connectivity index is 2.90. The van der Waals surface area contributed by atoms with Gasteiger partial charge in [0.15, 0.2) is 0 Å². The fraction of sp³-hybridized carbons (Fsp3) is 0.200. The molecule has 1 aromatic rings. The molecule has 0 saturated carbocycles. The second-order valence-electron chi connectivity index (χ2n) is 3.46. The topological polar surface area (TPSA) is 119 Å². The van der Waals surface area contributed by atoms with Crippen molar-refractivity contribution in [1.29, 1.82) is 0 Å². The van der Waals surface area contributed by atoms with Crippen LogP contribution < -0.4 is 11.5 Å². The number of rotatable bonds is 5. The van der Waals surface area contributed by atoms with Gasteiger partial charge in [0.25, 0.3) is 5.91 Å². The van der Waals surface area contributed by atoms with E-state index in [9.17, 15) is 18.8 Å². The summed E-state index contributed by atoms with van der Waals surface area (Å²) in [4.78, 5) is 37.6. The van der Waals surface area contributed by atoms with E-state index in [1.807, 2.05) is 0 Å². The average molecular weight is 254 g/mol. The SMILES string of the molecule is NC(=O)CN(CC(N)=O)C(=O)c1ccc(F)nc1. The normalized spacial score (nSPS) is 9.83. The molecule has 18 heavy (non-hydrogen) atoms. The van der Waals surface area contributed by atoms with Gasteiger partial charge in [-0.25, -0.2) is 4.98 Å². The first-order chi connectivity index (χ1) is 8.40. The lowest BCUT2D eigenvalue weighted by Crippen LogP contribution is -2.43. The number of aromatic nitrogens is 1. The number of primary amides is 2. The Labute approximate surface area is 102 Å². The van der Waals surface area contributed by atoms with E-state index in [0.29, 0.717) is 0 Å². The minimum Gasteiger partial charge on any atom is -0.368 e. The van der Waals surface area contributed by atoms with Crippen molar-refractivity contribution in [3.63, 3.8) is 0 Å². The van der Waals surface area contributed by atoms with E-state index in [0.717, 1.165) is 17.2 Å². The number of nitrogens with two attached hydrogens (primary N) is 2. The average Bonchev–Trinajstić information content (AvgIpc) is 2.27. The van der Waals surface area contributed by atoms with Gasteiger partial charge in [-0.05, 0) is 12.1 Å². The number of pyridine rings is 1. The smallest absolute Gasteiger partial charge is 0.256 e. The van der Waals surface area contributed by atoms with Gasteiger partial charge in [-0.15, -0.1) is 0 Å². The number of carbonyl (C=O) groups is 3. The molecule has 0 radical (unpaired) electrons. The van der Waals surface area contributed by atoms with E-state index in [1.54, 1.807) is 0 Å². The maximum absolute atomic E-state index is 12.6. The molecular weight excluding hydrogens is 243 g/mol. The van der Waals surface area contributed by atoms with Crippen molar-refractivity contribution < 1.29 is 18.8 Å². The van der Waals surface area contributed by atoms with Gasteiger partial charge in [0, 0.05) is 6.20 Å². The summed E-state index contributed by atoms with van der Waals surface area (Å²) < 4.78 is 12.6. The van der Waals surface area contributed by atoms with Crippen molar-refractivity contribution in [3.8, 4) is 0 Å². The third-order valence-corrected chi connectivity index (χ3v) is 1.95. The summed E-state index contributed by atoms with van der Waals surface area (Å²) in [5.74, 6) is -3.01. The van der Waals surface area contributed by atoms with Crippen molar-refractivity contribution >= 4 is 17.7 Å². The zero-order chi connectivity index (χ0) is 13.7. The summed E-state index contributed by atoms with van der Waals surface area (Å²) in [7, 11) is 0. The summed E-state index contributed by atoms with van der Waals surface area (Å²) in [5, 5.41) is 0. The van der Waals surface area contributed by atoms with Gasteiger partial charge in [0.05, 0.1) is 5.56 Å². The largest absolute Gasteiger partial charge is 0.368 e. The Morgan fingerprint density at radius 2 is 1.72 bits per heavy atom. The van der Waals surface area contributed by atoms with Crippen LogP contribution in [-0.4, -0.2) is 40.7 Å². The fourth-order valence-electron chi connectivity index (χ4n) is 1.26. The molecule has 0 spiro atoms. The second kappa shape index (κ2) is 5.71. The quantitative estimate of drug-likeness (QED) is 0.630. The molecule has 0 atom stereocenters. The van der Waals surface area contributed by atoms with Crippen LogP contribution in [-0.2, 0) is 9.59 Å². The van der Waals surface area contributed by atoms with Gasteiger partial charge in [0.2, 0.25) is 17.8 Å². The van der Waals surface area contributed by atoms with Crippen molar-refractivity contribution in [2.75, 3.05) is 13.1 Å². The lowest BCUT2D eigenvalue weighted by molar-refractivity contribution is -0.121. The zero-order valence-electron chi connectivity index (χ0n) is 9.30. The van der Waals surface area contributed by atoms with Crippen LogP contribution in [0.25, 0.3) is 0 Å². The third kappa shape index (κ3) is 3.81. The number of hydrogen-bond donors (Lipinski definition) is 2. The number of hydrogen-bond acceptors (Lipinski definition) is 4. The minimum absolute atomic E-state index is 0.0268. The number of nitrogens with zero attached hydrogens (tertiary/aromatic N) is 2. The standard InChI is InChI=1S/C10H11FN4O3/c11-7-2-1-6(3-14-7)10(18)15(4-8(12)16)5-9(13)17/h1-3H,4-5H2,(H2,12,16)(H2,13,17). The molecule has 96 valence electrons. The highest BCUT2D eigenvalue weighted by atomic mass is 19.1. The van der Waals surface area contributed by atoms with E-state index in [-0.39, 0.29) is 5.56 Å². The molecule has 3 amide bonds. The zero-order valence-corrected chi connectivity index (χ0v) is 9.30. The highest BCUT2D eigenvalue weighted by Crippen LogP contribution is 2.04. The van der Waals surface area contributed by atoms with Crippen LogP contribution in [0, 0.1) is 5.95 Å². The van der Waals surface area contributed by atoms with Crippen LogP contribution in [0.15, 0.2) is 18.3 Å². The van der Waals surface area contributed by atoms with Gasteiger partial charge in [-0.1, -0.05) is 0 Å². The molecule has 1 rings (SSSR count). The molecule has 0 saturated heterocycles. The Morgan fingerprint density at radius 1 is 1.17 bits per heavy atom. The minimum atomic E-state index is -0.792. The summed E-state index contributed by atoms with van der Waals surface area (Å²) in [6, 6.07) is 2.17. The summed E-state index contributed by atoms with van der Waals surface area (Å²) in [5.41, 5.74) is 9.92. The molecule has 0 aliphatic rings. The number of halogens is 1. The maximum atomic E-state index is 12.6. The van der Waals surface area contributed by atoms with Crippen molar-refractivity contribution in [2.24, 2.45) is 11.5 Å².